The van der Waals surface area contributed by atoms with Gasteiger partial charge in [-0.25, -0.2) is 4.79 Å². The molecule has 1 rings (SSSR count). The molecule has 1 atom stereocenters. The number of likely N-dealkylation sites (tertiary alicyclic amines) is 1. The second-order valence-corrected chi connectivity index (χ2v) is 7.65. The van der Waals surface area contributed by atoms with Gasteiger partial charge >= 0.3 is 6.09 Å². The molecule has 1 saturated heterocycles. The van der Waals surface area contributed by atoms with Crippen molar-refractivity contribution in [2.24, 2.45) is 5.92 Å². The lowest BCUT2D eigenvalue weighted by Gasteiger charge is -2.35. The fraction of sp³-hybridized carbons (Fsp3) is 0.833. The third-order valence-electron chi connectivity index (χ3n) is 4.02. The van der Waals surface area contributed by atoms with Crippen LogP contribution < -0.4 is 10.6 Å². The fourth-order valence-corrected chi connectivity index (χ4v) is 2.68. The van der Waals surface area contributed by atoms with Gasteiger partial charge in [0.1, 0.15) is 5.60 Å². The second-order valence-electron chi connectivity index (χ2n) is 7.65. The smallest absolute Gasteiger partial charge is 0.407 e. The monoisotopic (exact) mass is 323 g/mol. The third-order valence-corrected chi connectivity index (χ3v) is 4.02. The summed E-state index contributed by atoms with van der Waals surface area (Å²) >= 11 is 0. The maximum atomic E-state index is 11.8. The van der Waals surface area contributed by atoms with E-state index in [4.69, 9.17) is 11.2 Å². The number of piperidine rings is 1. The molecule has 0 spiro atoms. The lowest BCUT2D eigenvalue weighted by atomic mass is 9.99. The van der Waals surface area contributed by atoms with Crippen LogP contribution in [0, 0.1) is 18.3 Å². The van der Waals surface area contributed by atoms with E-state index in [1.807, 2.05) is 20.8 Å². The lowest BCUT2D eigenvalue weighted by Crippen LogP contribution is -2.52. The van der Waals surface area contributed by atoms with E-state index in [0.717, 1.165) is 32.5 Å². The number of ether oxygens (including phenoxy) is 1. The van der Waals surface area contributed by atoms with Crippen molar-refractivity contribution in [1.29, 1.82) is 0 Å². The Morgan fingerprint density at radius 1 is 1.35 bits per heavy atom. The van der Waals surface area contributed by atoms with Crippen LogP contribution in [0.15, 0.2) is 0 Å². The van der Waals surface area contributed by atoms with Crippen LogP contribution in [0.4, 0.5) is 4.79 Å². The first kappa shape index (κ1) is 19.8. The standard InChI is InChI=1S/C18H33N3O2/c1-7-10-21-11-8-15(9-12-21)20-16(14(2)3)13-19-17(22)23-18(4,5)6/h1,14-16,20H,8-13H2,2-6H3,(H,19,22). The Morgan fingerprint density at radius 3 is 2.43 bits per heavy atom. The van der Waals surface area contributed by atoms with Crippen molar-refractivity contribution < 1.29 is 9.53 Å². The zero-order valence-corrected chi connectivity index (χ0v) is 15.3. The minimum absolute atomic E-state index is 0.242. The predicted molar refractivity (Wildman–Crippen MR) is 94.3 cm³/mol. The van der Waals surface area contributed by atoms with Gasteiger partial charge in [-0.3, -0.25) is 4.90 Å². The van der Waals surface area contributed by atoms with Gasteiger partial charge in [-0.2, -0.15) is 0 Å². The number of carbonyl (C=O) groups is 1. The van der Waals surface area contributed by atoms with E-state index >= 15 is 0 Å². The number of terminal acetylenes is 1. The zero-order chi connectivity index (χ0) is 17.5. The molecule has 0 aliphatic carbocycles. The lowest BCUT2D eigenvalue weighted by molar-refractivity contribution is 0.0517. The van der Waals surface area contributed by atoms with Crippen molar-refractivity contribution in [2.45, 2.75) is 65.1 Å². The van der Waals surface area contributed by atoms with Crippen molar-refractivity contribution in [3.63, 3.8) is 0 Å². The molecule has 1 heterocycles. The molecular weight excluding hydrogens is 290 g/mol. The second kappa shape index (κ2) is 9.14. The van der Waals surface area contributed by atoms with Crippen LogP contribution in [0.25, 0.3) is 0 Å². The van der Waals surface area contributed by atoms with Crippen molar-refractivity contribution in [2.75, 3.05) is 26.2 Å². The van der Waals surface area contributed by atoms with E-state index in [1.54, 1.807) is 0 Å². The molecule has 0 bridgehead atoms. The summed E-state index contributed by atoms with van der Waals surface area (Å²) in [4.78, 5) is 14.1. The zero-order valence-electron chi connectivity index (χ0n) is 15.3. The highest BCUT2D eigenvalue weighted by Gasteiger charge is 2.24. The number of amides is 1. The topological polar surface area (TPSA) is 53.6 Å². The maximum absolute atomic E-state index is 11.8. The summed E-state index contributed by atoms with van der Waals surface area (Å²) in [5, 5.41) is 6.57. The van der Waals surface area contributed by atoms with Crippen LogP contribution in [0.5, 0.6) is 0 Å². The minimum atomic E-state index is -0.464. The van der Waals surface area contributed by atoms with E-state index in [-0.39, 0.29) is 12.1 Å². The first-order valence-electron chi connectivity index (χ1n) is 8.60. The number of hydrogen-bond donors (Lipinski definition) is 2. The van der Waals surface area contributed by atoms with Crippen LogP contribution in [0.1, 0.15) is 47.5 Å². The first-order valence-corrected chi connectivity index (χ1v) is 8.60. The molecule has 0 radical (unpaired) electrons. The Labute approximate surface area is 141 Å². The van der Waals surface area contributed by atoms with Crippen LogP contribution in [0.3, 0.4) is 0 Å². The van der Waals surface area contributed by atoms with Gasteiger partial charge in [-0.1, -0.05) is 19.8 Å². The molecule has 5 nitrogen and oxygen atoms in total. The molecule has 1 unspecified atom stereocenters. The molecule has 1 aliphatic heterocycles. The van der Waals surface area contributed by atoms with Gasteiger partial charge < -0.3 is 15.4 Å². The van der Waals surface area contributed by atoms with Crippen molar-refractivity contribution in [3.8, 4) is 12.3 Å². The summed E-state index contributed by atoms with van der Waals surface area (Å²) in [5.41, 5.74) is -0.464. The molecule has 1 aliphatic rings. The van der Waals surface area contributed by atoms with Crippen LogP contribution in [-0.2, 0) is 4.74 Å². The summed E-state index contributed by atoms with van der Waals surface area (Å²) in [6, 6.07) is 0.726. The van der Waals surface area contributed by atoms with Gasteiger partial charge in [0, 0.05) is 31.7 Å². The number of nitrogens with one attached hydrogen (secondary N) is 2. The first-order chi connectivity index (χ1) is 10.7. The van der Waals surface area contributed by atoms with Gasteiger partial charge in [0.05, 0.1) is 6.54 Å². The summed E-state index contributed by atoms with van der Waals surface area (Å²) in [7, 11) is 0. The largest absolute Gasteiger partial charge is 0.444 e. The molecule has 1 fully saturated rings. The molecule has 0 aromatic rings. The third kappa shape index (κ3) is 8.24. The Hall–Kier alpha value is -1.25. The molecular formula is C18H33N3O2. The molecule has 1 amide bonds. The predicted octanol–water partition coefficient (Wildman–Crippen LogP) is 2.22. The quantitative estimate of drug-likeness (QED) is 0.736. The van der Waals surface area contributed by atoms with Crippen molar-refractivity contribution in [3.05, 3.63) is 0 Å². The van der Waals surface area contributed by atoms with E-state index in [9.17, 15) is 4.79 Å². The van der Waals surface area contributed by atoms with Crippen LogP contribution in [-0.4, -0.2) is 54.9 Å². The van der Waals surface area contributed by atoms with Crippen molar-refractivity contribution >= 4 is 6.09 Å². The fourth-order valence-electron chi connectivity index (χ4n) is 2.68. The summed E-state index contributed by atoms with van der Waals surface area (Å²) < 4.78 is 5.30. The van der Waals surface area contributed by atoms with Gasteiger partial charge in [0.2, 0.25) is 0 Å². The average Bonchev–Trinajstić information content (AvgIpc) is 2.43. The number of hydrogen-bond acceptors (Lipinski definition) is 4. The molecule has 5 heteroatoms. The van der Waals surface area contributed by atoms with Crippen molar-refractivity contribution in [1.82, 2.24) is 15.5 Å². The summed E-state index contributed by atoms with van der Waals surface area (Å²) in [6.45, 7) is 13.3. The van der Waals surface area contributed by atoms with Gasteiger partial charge in [0.25, 0.3) is 0 Å². The molecule has 23 heavy (non-hydrogen) atoms. The summed E-state index contributed by atoms with van der Waals surface area (Å²) in [6.07, 6.45) is 7.20. The molecule has 0 aromatic carbocycles. The number of rotatable bonds is 6. The Bertz CT molecular complexity index is 401. The van der Waals surface area contributed by atoms with Gasteiger partial charge in [-0.05, 0) is 39.5 Å². The highest BCUT2D eigenvalue weighted by molar-refractivity contribution is 5.67. The number of carbonyl (C=O) groups excluding carboxylic acids is 1. The van der Waals surface area contributed by atoms with Gasteiger partial charge in [-0.15, -0.1) is 6.42 Å². The highest BCUT2D eigenvalue weighted by Crippen LogP contribution is 2.13. The Morgan fingerprint density at radius 2 is 1.96 bits per heavy atom. The number of alkyl carbamates (subject to hydrolysis) is 1. The van der Waals surface area contributed by atoms with Crippen LogP contribution >= 0.6 is 0 Å². The maximum Gasteiger partial charge on any atom is 0.407 e. The number of nitrogens with zero attached hydrogens (tertiary/aromatic N) is 1. The molecule has 2 N–H and O–H groups in total. The average molecular weight is 323 g/mol. The van der Waals surface area contributed by atoms with E-state index < -0.39 is 5.60 Å². The Balaban J connectivity index is 2.38. The van der Waals surface area contributed by atoms with Gasteiger partial charge in [0.15, 0.2) is 0 Å². The molecule has 132 valence electrons. The normalized spacial score (nSPS) is 18.5. The highest BCUT2D eigenvalue weighted by atomic mass is 16.6. The SMILES string of the molecule is C#CCN1CCC(NC(CNC(=O)OC(C)(C)C)C(C)C)CC1. The minimum Gasteiger partial charge on any atom is -0.444 e. The Kier molecular flexibility index (Phi) is 7.87. The van der Waals surface area contributed by atoms with E-state index in [1.165, 1.54) is 0 Å². The van der Waals surface area contributed by atoms with Crippen LogP contribution in [0.2, 0.25) is 0 Å². The molecule has 0 saturated carbocycles. The summed E-state index contributed by atoms with van der Waals surface area (Å²) in [5.74, 6) is 3.15. The van der Waals surface area contributed by atoms with E-state index in [2.05, 4.69) is 35.3 Å². The molecule has 0 aromatic heterocycles. The van der Waals surface area contributed by atoms with E-state index in [0.29, 0.717) is 18.5 Å².